The van der Waals surface area contributed by atoms with Gasteiger partial charge in [-0.3, -0.25) is 4.79 Å². The van der Waals surface area contributed by atoms with Crippen LogP contribution in [0.3, 0.4) is 0 Å². The molecule has 1 unspecified atom stereocenters. The summed E-state index contributed by atoms with van der Waals surface area (Å²) in [6.45, 7) is 2.05. The van der Waals surface area contributed by atoms with Crippen molar-refractivity contribution in [1.29, 1.82) is 0 Å². The van der Waals surface area contributed by atoms with Crippen molar-refractivity contribution in [3.8, 4) is 0 Å². The molecule has 1 aliphatic carbocycles. The van der Waals surface area contributed by atoms with E-state index in [2.05, 4.69) is 15.5 Å². The summed E-state index contributed by atoms with van der Waals surface area (Å²) in [4.78, 5) is 11.6. The normalized spacial score (nSPS) is 16.8. The Kier molecular flexibility index (Phi) is 4.36. The van der Waals surface area contributed by atoms with Crippen LogP contribution in [-0.4, -0.2) is 32.5 Å². The Balaban J connectivity index is 1.91. The van der Waals surface area contributed by atoms with Crippen molar-refractivity contribution < 1.29 is 9.35 Å². The van der Waals surface area contributed by atoms with Crippen LogP contribution in [0.15, 0.2) is 4.34 Å². The van der Waals surface area contributed by atoms with Gasteiger partial charge in [-0.2, -0.15) is 0 Å². The van der Waals surface area contributed by atoms with Crippen LogP contribution in [0.25, 0.3) is 0 Å². The first-order valence-corrected chi connectivity index (χ1v) is 7.87. The number of hydrogen-bond donors (Lipinski definition) is 1. The zero-order valence-electron chi connectivity index (χ0n) is 9.64. The molecule has 1 aromatic heterocycles. The fourth-order valence-corrected chi connectivity index (χ4v) is 3.43. The predicted molar refractivity (Wildman–Crippen MR) is 66.6 cm³/mol. The van der Waals surface area contributed by atoms with Crippen LogP contribution in [-0.2, 0) is 11.2 Å². The molecule has 94 valence electrons. The van der Waals surface area contributed by atoms with Crippen molar-refractivity contribution in [2.24, 2.45) is 0 Å². The predicted octanol–water partition coefficient (Wildman–Crippen LogP) is 1.34. The summed E-state index contributed by atoms with van der Waals surface area (Å²) in [7, 11) is 0. The highest BCUT2D eigenvalue weighted by Gasteiger charge is 2.27. The van der Waals surface area contributed by atoms with E-state index in [1.807, 2.05) is 6.92 Å². The number of unbranched alkanes of at least 4 members (excludes halogenated alkanes) is 1. The largest absolute Gasteiger partial charge is 0.610 e. The van der Waals surface area contributed by atoms with Gasteiger partial charge in [0.05, 0.1) is 0 Å². The number of hydrogen-bond acceptors (Lipinski definition) is 5. The second kappa shape index (κ2) is 5.79. The maximum absolute atomic E-state index is 11.8. The van der Waals surface area contributed by atoms with Gasteiger partial charge < -0.3 is 9.87 Å². The molecule has 1 amide bonds. The second-order valence-electron chi connectivity index (χ2n) is 4.02. The summed E-state index contributed by atoms with van der Waals surface area (Å²) in [6.07, 6.45) is 3.98. The van der Waals surface area contributed by atoms with Gasteiger partial charge in [0.1, 0.15) is 5.75 Å². The molecular weight excluding hydrogens is 258 g/mol. The topological polar surface area (TPSA) is 77.9 Å². The number of nitrogens with zero attached hydrogens (tertiary/aromatic N) is 2. The molecule has 7 heteroatoms. The molecule has 1 aliphatic rings. The molecule has 0 aliphatic heterocycles. The molecule has 0 radical (unpaired) electrons. The monoisotopic (exact) mass is 273 g/mol. The maximum Gasteiger partial charge on any atom is 0.322 e. The van der Waals surface area contributed by atoms with E-state index in [-0.39, 0.29) is 5.91 Å². The van der Waals surface area contributed by atoms with Gasteiger partial charge in [-0.05, 0) is 30.6 Å². The average Bonchev–Trinajstić information content (AvgIpc) is 2.99. The maximum atomic E-state index is 11.8. The lowest BCUT2D eigenvalue weighted by atomic mass is 10.4. The van der Waals surface area contributed by atoms with E-state index in [1.54, 1.807) is 0 Å². The molecule has 1 aromatic rings. The number of carbonyl (C=O) groups excluding carboxylic acids is 1. The molecule has 1 fully saturated rings. The van der Waals surface area contributed by atoms with Gasteiger partial charge in [-0.1, -0.05) is 18.4 Å². The SMILES string of the molecule is CCCC[S+]([O-])c1nnc(C(=O)NC2CC2)s1. The van der Waals surface area contributed by atoms with Crippen LogP contribution < -0.4 is 5.32 Å². The van der Waals surface area contributed by atoms with Gasteiger partial charge in [0, 0.05) is 17.2 Å². The van der Waals surface area contributed by atoms with Crippen LogP contribution >= 0.6 is 11.3 Å². The standard InChI is InChI=1S/C10H15N3O2S2/c1-2-3-6-17(15)10-13-12-9(16-10)8(14)11-7-4-5-7/h7H,2-6H2,1H3,(H,11,14). The van der Waals surface area contributed by atoms with Crippen LogP contribution in [0.1, 0.15) is 42.4 Å². The number of rotatable bonds is 6. The van der Waals surface area contributed by atoms with Gasteiger partial charge in [-0.15, -0.1) is 5.10 Å². The Labute approximate surface area is 107 Å². The Hall–Kier alpha value is -0.660. The van der Waals surface area contributed by atoms with Gasteiger partial charge in [-0.25, -0.2) is 0 Å². The lowest BCUT2D eigenvalue weighted by molar-refractivity contribution is 0.0950. The summed E-state index contributed by atoms with van der Waals surface area (Å²) in [6, 6.07) is 0.306. The van der Waals surface area contributed by atoms with Crippen molar-refractivity contribution in [1.82, 2.24) is 15.5 Å². The van der Waals surface area contributed by atoms with E-state index in [9.17, 15) is 9.35 Å². The molecular formula is C10H15N3O2S2. The summed E-state index contributed by atoms with van der Waals surface area (Å²) in [5.74, 6) is 0.402. The quantitative estimate of drug-likeness (QED) is 0.793. The first-order chi connectivity index (χ1) is 8.20. The highest BCUT2D eigenvalue weighted by atomic mass is 32.2. The third-order valence-electron chi connectivity index (χ3n) is 2.39. The van der Waals surface area contributed by atoms with Crippen LogP contribution in [0.5, 0.6) is 0 Å². The van der Waals surface area contributed by atoms with Crippen molar-refractivity contribution in [3.63, 3.8) is 0 Å². The number of amides is 1. The minimum absolute atomic E-state index is 0.191. The fraction of sp³-hybridized carbons (Fsp3) is 0.700. The van der Waals surface area contributed by atoms with E-state index >= 15 is 0 Å². The van der Waals surface area contributed by atoms with Crippen molar-refractivity contribution >= 4 is 28.4 Å². The highest BCUT2D eigenvalue weighted by Crippen LogP contribution is 2.21. The zero-order valence-corrected chi connectivity index (χ0v) is 11.3. The van der Waals surface area contributed by atoms with Crippen molar-refractivity contribution in [3.05, 3.63) is 5.01 Å². The first-order valence-electron chi connectivity index (χ1n) is 5.73. The molecule has 0 bridgehead atoms. The first kappa shape index (κ1) is 12.8. The number of nitrogens with one attached hydrogen (secondary N) is 1. The van der Waals surface area contributed by atoms with E-state index in [1.165, 1.54) is 0 Å². The van der Waals surface area contributed by atoms with Crippen LogP contribution in [0.2, 0.25) is 0 Å². The lowest BCUT2D eigenvalue weighted by Crippen LogP contribution is -2.25. The highest BCUT2D eigenvalue weighted by molar-refractivity contribution is 7.93. The molecule has 1 atom stereocenters. The Morgan fingerprint density at radius 3 is 3.00 bits per heavy atom. The Morgan fingerprint density at radius 1 is 1.59 bits per heavy atom. The fourth-order valence-electron chi connectivity index (χ4n) is 1.23. The molecule has 1 saturated carbocycles. The average molecular weight is 273 g/mol. The van der Waals surface area contributed by atoms with Crippen molar-refractivity contribution in [2.45, 2.75) is 43.0 Å². The summed E-state index contributed by atoms with van der Waals surface area (Å²) < 4.78 is 12.2. The molecule has 5 nitrogen and oxygen atoms in total. The summed E-state index contributed by atoms with van der Waals surface area (Å²) >= 11 is 0.0237. The molecule has 0 saturated heterocycles. The summed E-state index contributed by atoms with van der Waals surface area (Å²) in [5, 5.41) is 10.8. The smallest absolute Gasteiger partial charge is 0.322 e. The van der Waals surface area contributed by atoms with Crippen LogP contribution in [0.4, 0.5) is 0 Å². The van der Waals surface area contributed by atoms with E-state index in [4.69, 9.17) is 0 Å². The zero-order chi connectivity index (χ0) is 12.3. The molecule has 0 spiro atoms. The summed E-state index contributed by atoms with van der Waals surface area (Å²) in [5.41, 5.74) is 0. The second-order valence-corrected chi connectivity index (χ2v) is 6.75. The third kappa shape index (κ3) is 3.65. The van der Waals surface area contributed by atoms with E-state index in [0.29, 0.717) is 21.1 Å². The molecule has 17 heavy (non-hydrogen) atoms. The molecule has 2 rings (SSSR count). The van der Waals surface area contributed by atoms with E-state index in [0.717, 1.165) is 37.0 Å². The van der Waals surface area contributed by atoms with Gasteiger partial charge in [0.25, 0.3) is 5.91 Å². The number of carbonyl (C=O) groups is 1. The molecule has 0 aromatic carbocycles. The van der Waals surface area contributed by atoms with Crippen molar-refractivity contribution in [2.75, 3.05) is 5.75 Å². The van der Waals surface area contributed by atoms with Gasteiger partial charge in [0.15, 0.2) is 0 Å². The van der Waals surface area contributed by atoms with E-state index < -0.39 is 11.2 Å². The Bertz CT molecular complexity index is 393. The lowest BCUT2D eigenvalue weighted by Gasteiger charge is -2.03. The Morgan fingerprint density at radius 2 is 2.35 bits per heavy atom. The van der Waals surface area contributed by atoms with Crippen LogP contribution in [0, 0.1) is 0 Å². The third-order valence-corrected chi connectivity index (χ3v) is 5.05. The molecule has 1 heterocycles. The minimum atomic E-state index is -1.11. The minimum Gasteiger partial charge on any atom is -0.610 e. The molecule has 1 N–H and O–H groups in total. The van der Waals surface area contributed by atoms with Gasteiger partial charge >= 0.3 is 4.34 Å². The van der Waals surface area contributed by atoms with Gasteiger partial charge in [0.2, 0.25) is 5.01 Å². The number of aromatic nitrogens is 2.